The molecule has 1 nitrogen and oxygen atoms in total. The van der Waals surface area contributed by atoms with Crippen LogP contribution in [0.1, 0.15) is 18.9 Å². The van der Waals surface area contributed by atoms with Gasteiger partial charge in [-0.05, 0) is 28.7 Å². The lowest BCUT2D eigenvalue weighted by Gasteiger charge is -2.14. The highest BCUT2D eigenvalue weighted by molar-refractivity contribution is 5.83. The molecule has 1 heteroatoms. The van der Waals surface area contributed by atoms with Crippen molar-refractivity contribution in [1.82, 2.24) is 0 Å². The molecule has 2 atom stereocenters. The highest BCUT2D eigenvalue weighted by Crippen LogP contribution is 2.53. The predicted molar refractivity (Wildman–Crippen MR) is 66.5 cm³/mol. The summed E-state index contributed by atoms with van der Waals surface area (Å²) in [4.78, 5) is 0. The number of hydrogen-bond acceptors (Lipinski definition) is 1. The summed E-state index contributed by atoms with van der Waals surface area (Å²) < 4.78 is 0. The number of fused-ring (bicyclic) bond motifs is 1. The van der Waals surface area contributed by atoms with E-state index in [0.29, 0.717) is 5.92 Å². The van der Waals surface area contributed by atoms with Crippen molar-refractivity contribution in [1.29, 1.82) is 0 Å². The quantitative estimate of drug-likeness (QED) is 0.811. The van der Waals surface area contributed by atoms with Crippen LogP contribution in [-0.2, 0) is 5.41 Å². The Morgan fingerprint density at radius 3 is 2.50 bits per heavy atom. The van der Waals surface area contributed by atoms with Crippen LogP contribution in [0.3, 0.4) is 0 Å². The molecule has 2 unspecified atom stereocenters. The summed E-state index contributed by atoms with van der Waals surface area (Å²) in [7, 11) is 0. The third kappa shape index (κ3) is 1.28. The Labute approximate surface area is 95.7 Å². The molecule has 1 saturated carbocycles. The van der Waals surface area contributed by atoms with Gasteiger partial charge >= 0.3 is 0 Å². The Balaban J connectivity index is 2.12. The summed E-state index contributed by atoms with van der Waals surface area (Å²) in [6, 6.07) is 14.9. The predicted octanol–water partition coefficient (Wildman–Crippen LogP) is 3.11. The molecule has 16 heavy (non-hydrogen) atoms. The van der Waals surface area contributed by atoms with E-state index in [0.717, 1.165) is 6.42 Å². The van der Waals surface area contributed by atoms with Crippen LogP contribution >= 0.6 is 0 Å². The van der Waals surface area contributed by atoms with Crippen LogP contribution in [0.5, 0.6) is 0 Å². The lowest BCUT2D eigenvalue weighted by Crippen LogP contribution is -2.14. The SMILES string of the molecule is CC1CC1(CO)c1ccc2ccccc2c1. The fourth-order valence-electron chi connectivity index (χ4n) is 2.70. The summed E-state index contributed by atoms with van der Waals surface area (Å²) in [5, 5.41) is 12.1. The maximum absolute atomic E-state index is 9.55. The van der Waals surface area contributed by atoms with Crippen molar-refractivity contribution in [2.24, 2.45) is 5.92 Å². The molecule has 0 aromatic heterocycles. The van der Waals surface area contributed by atoms with Gasteiger partial charge in [0, 0.05) is 5.41 Å². The minimum absolute atomic E-state index is 0.0457. The lowest BCUT2D eigenvalue weighted by atomic mass is 9.92. The monoisotopic (exact) mass is 212 g/mol. The van der Waals surface area contributed by atoms with Gasteiger partial charge in [-0.2, -0.15) is 0 Å². The van der Waals surface area contributed by atoms with Crippen molar-refractivity contribution in [3.63, 3.8) is 0 Å². The molecular weight excluding hydrogens is 196 g/mol. The van der Waals surface area contributed by atoms with Gasteiger partial charge in [-0.3, -0.25) is 0 Å². The van der Waals surface area contributed by atoms with E-state index >= 15 is 0 Å². The van der Waals surface area contributed by atoms with Crippen LogP contribution < -0.4 is 0 Å². The zero-order valence-corrected chi connectivity index (χ0v) is 9.48. The second-order valence-electron chi connectivity index (χ2n) is 4.98. The first-order chi connectivity index (χ1) is 7.76. The first-order valence-electron chi connectivity index (χ1n) is 5.86. The van der Waals surface area contributed by atoms with Gasteiger partial charge in [0.1, 0.15) is 0 Å². The summed E-state index contributed by atoms with van der Waals surface area (Å²) in [5.74, 6) is 0.610. The van der Waals surface area contributed by atoms with Crippen LogP contribution in [0, 0.1) is 5.92 Å². The highest BCUT2D eigenvalue weighted by Gasteiger charge is 2.51. The summed E-state index contributed by atoms with van der Waals surface area (Å²) >= 11 is 0. The van der Waals surface area contributed by atoms with E-state index in [-0.39, 0.29) is 12.0 Å². The van der Waals surface area contributed by atoms with E-state index in [1.807, 2.05) is 0 Å². The van der Waals surface area contributed by atoms with Crippen molar-refractivity contribution in [2.75, 3.05) is 6.61 Å². The minimum Gasteiger partial charge on any atom is -0.395 e. The number of aliphatic hydroxyl groups excluding tert-OH is 1. The van der Waals surface area contributed by atoms with Gasteiger partial charge in [-0.25, -0.2) is 0 Å². The molecule has 82 valence electrons. The van der Waals surface area contributed by atoms with E-state index in [4.69, 9.17) is 0 Å². The van der Waals surface area contributed by atoms with E-state index in [9.17, 15) is 5.11 Å². The molecule has 0 saturated heterocycles. The van der Waals surface area contributed by atoms with Crippen molar-refractivity contribution in [3.05, 3.63) is 48.0 Å². The third-order valence-electron chi connectivity index (χ3n) is 4.06. The molecule has 2 aromatic carbocycles. The van der Waals surface area contributed by atoms with Gasteiger partial charge < -0.3 is 5.11 Å². The first kappa shape index (κ1) is 9.86. The van der Waals surface area contributed by atoms with Crippen molar-refractivity contribution < 1.29 is 5.11 Å². The maximum Gasteiger partial charge on any atom is 0.0530 e. The summed E-state index contributed by atoms with van der Waals surface area (Å²) in [6.45, 7) is 2.48. The Hall–Kier alpha value is -1.34. The van der Waals surface area contributed by atoms with Gasteiger partial charge in [-0.15, -0.1) is 0 Å². The Kier molecular flexibility index (Phi) is 2.05. The second-order valence-corrected chi connectivity index (χ2v) is 4.98. The van der Waals surface area contributed by atoms with Crippen LogP contribution in [0.15, 0.2) is 42.5 Å². The molecular formula is C15H16O. The molecule has 1 N–H and O–H groups in total. The lowest BCUT2D eigenvalue weighted by molar-refractivity contribution is 0.247. The topological polar surface area (TPSA) is 20.2 Å². The second kappa shape index (κ2) is 3.33. The number of aliphatic hydroxyl groups is 1. The van der Waals surface area contributed by atoms with Gasteiger partial charge in [0.2, 0.25) is 0 Å². The van der Waals surface area contributed by atoms with Gasteiger partial charge in [0.05, 0.1) is 6.61 Å². The number of rotatable bonds is 2. The Bertz CT molecular complexity index is 528. The van der Waals surface area contributed by atoms with Crippen LogP contribution in [-0.4, -0.2) is 11.7 Å². The molecule has 0 bridgehead atoms. The molecule has 1 aliphatic rings. The normalized spacial score (nSPS) is 28.2. The largest absolute Gasteiger partial charge is 0.395 e. The fraction of sp³-hybridized carbons (Fsp3) is 0.333. The fourth-order valence-corrected chi connectivity index (χ4v) is 2.70. The van der Waals surface area contributed by atoms with Crippen LogP contribution in [0.25, 0.3) is 10.8 Å². The Morgan fingerprint density at radius 1 is 1.19 bits per heavy atom. The van der Waals surface area contributed by atoms with Crippen molar-refractivity contribution in [2.45, 2.75) is 18.8 Å². The first-order valence-corrected chi connectivity index (χ1v) is 5.86. The molecule has 1 aliphatic carbocycles. The van der Waals surface area contributed by atoms with Crippen molar-refractivity contribution in [3.8, 4) is 0 Å². The molecule has 0 spiro atoms. The smallest absolute Gasteiger partial charge is 0.0530 e. The highest BCUT2D eigenvalue weighted by atomic mass is 16.3. The van der Waals surface area contributed by atoms with Gasteiger partial charge in [-0.1, -0.05) is 49.4 Å². The summed E-state index contributed by atoms with van der Waals surface area (Å²) in [6.07, 6.45) is 1.11. The molecule has 0 heterocycles. The molecule has 2 aromatic rings. The average Bonchev–Trinajstić information content (AvgIpc) is 3.01. The van der Waals surface area contributed by atoms with E-state index in [1.165, 1.54) is 16.3 Å². The molecule has 1 fully saturated rings. The van der Waals surface area contributed by atoms with Crippen molar-refractivity contribution >= 4 is 10.8 Å². The maximum atomic E-state index is 9.55. The molecule has 0 amide bonds. The molecule has 0 aliphatic heterocycles. The Morgan fingerprint density at radius 2 is 1.88 bits per heavy atom. The molecule has 0 radical (unpaired) electrons. The van der Waals surface area contributed by atoms with E-state index < -0.39 is 0 Å². The van der Waals surface area contributed by atoms with Crippen LogP contribution in [0.2, 0.25) is 0 Å². The number of benzene rings is 2. The third-order valence-corrected chi connectivity index (χ3v) is 4.06. The minimum atomic E-state index is 0.0457. The van der Waals surface area contributed by atoms with Crippen LogP contribution in [0.4, 0.5) is 0 Å². The zero-order chi connectivity index (χ0) is 11.2. The molecule has 3 rings (SSSR count). The van der Waals surface area contributed by atoms with E-state index in [2.05, 4.69) is 49.4 Å². The van der Waals surface area contributed by atoms with Gasteiger partial charge in [0.25, 0.3) is 0 Å². The van der Waals surface area contributed by atoms with E-state index in [1.54, 1.807) is 0 Å². The summed E-state index contributed by atoms with van der Waals surface area (Å²) in [5.41, 5.74) is 1.34. The standard InChI is InChI=1S/C15H16O/c1-11-9-15(11,10-16)14-7-6-12-4-2-3-5-13(12)8-14/h2-8,11,16H,9-10H2,1H3. The number of hydrogen-bond donors (Lipinski definition) is 1. The van der Waals surface area contributed by atoms with Gasteiger partial charge in [0.15, 0.2) is 0 Å². The zero-order valence-electron chi connectivity index (χ0n) is 9.48. The average molecular weight is 212 g/mol.